The average Bonchev–Trinajstić information content (AvgIpc) is 2.36. The van der Waals surface area contributed by atoms with Gasteiger partial charge in [0.15, 0.2) is 5.82 Å². The van der Waals surface area contributed by atoms with Crippen molar-refractivity contribution >= 4 is 5.82 Å². The van der Waals surface area contributed by atoms with Crippen molar-refractivity contribution in [3.63, 3.8) is 0 Å². The van der Waals surface area contributed by atoms with Crippen molar-refractivity contribution in [1.29, 1.82) is 0 Å². The second kappa shape index (κ2) is 4.06. The Hall–Kier alpha value is -1.10. The lowest BCUT2D eigenvalue weighted by molar-refractivity contribution is 0.428. The molecule has 1 rings (SSSR count). The first-order chi connectivity index (χ1) is 5.72. The maximum Gasteiger partial charge on any atom is 0.165 e. The zero-order chi connectivity index (χ0) is 8.97. The predicted octanol–water partition coefficient (Wildman–Crippen LogP) is -0.284. The molecule has 0 radical (unpaired) electrons. The van der Waals surface area contributed by atoms with Gasteiger partial charge in [-0.15, -0.1) is 5.10 Å². The summed E-state index contributed by atoms with van der Waals surface area (Å²) in [7, 11) is 1.94. The molecule has 0 aliphatic heterocycles. The Labute approximate surface area is 71.9 Å². The smallest absolute Gasteiger partial charge is 0.165 e. The van der Waals surface area contributed by atoms with E-state index in [-0.39, 0.29) is 0 Å². The molecule has 5 heteroatoms. The highest BCUT2D eigenvalue weighted by Crippen LogP contribution is 1.99. The molecular formula is C7H15N5. The zero-order valence-electron chi connectivity index (χ0n) is 7.49. The van der Waals surface area contributed by atoms with Crippen LogP contribution in [0.25, 0.3) is 0 Å². The molecule has 0 amide bonds. The molecule has 0 aromatic carbocycles. The third-order valence-electron chi connectivity index (χ3n) is 1.61. The van der Waals surface area contributed by atoms with Crippen LogP contribution in [0.2, 0.25) is 0 Å². The van der Waals surface area contributed by atoms with Crippen molar-refractivity contribution in [3.05, 3.63) is 6.20 Å². The van der Waals surface area contributed by atoms with E-state index in [1.807, 2.05) is 7.05 Å². The summed E-state index contributed by atoms with van der Waals surface area (Å²) < 4.78 is 1.76. The van der Waals surface area contributed by atoms with E-state index >= 15 is 0 Å². The second-order valence-corrected chi connectivity index (χ2v) is 3.03. The lowest BCUT2D eigenvalue weighted by Gasteiger charge is -2.08. The summed E-state index contributed by atoms with van der Waals surface area (Å²) in [5.41, 5.74) is 5.42. The van der Waals surface area contributed by atoms with E-state index in [0.29, 0.717) is 11.7 Å². The van der Waals surface area contributed by atoms with Gasteiger partial charge in [0.05, 0.1) is 6.20 Å². The summed E-state index contributed by atoms with van der Waals surface area (Å²) in [5.74, 6) is 1.02. The molecule has 0 aliphatic rings. The fourth-order valence-electron chi connectivity index (χ4n) is 1.13. The summed E-state index contributed by atoms with van der Waals surface area (Å²) in [6.07, 6.45) is 1.74. The van der Waals surface area contributed by atoms with E-state index in [1.54, 1.807) is 10.9 Å². The molecule has 12 heavy (non-hydrogen) atoms. The minimum atomic E-state index is 0.478. The van der Waals surface area contributed by atoms with E-state index in [9.17, 15) is 0 Å². The van der Waals surface area contributed by atoms with Gasteiger partial charge in [-0.25, -0.2) is 0 Å². The number of hydrogen-bond acceptors (Lipinski definition) is 4. The number of rotatable bonds is 4. The molecule has 1 unspecified atom stereocenters. The van der Waals surface area contributed by atoms with E-state index in [1.165, 1.54) is 0 Å². The van der Waals surface area contributed by atoms with Crippen LogP contribution in [-0.4, -0.2) is 28.6 Å². The van der Waals surface area contributed by atoms with Crippen molar-refractivity contribution in [2.45, 2.75) is 13.5 Å². The SMILES string of the molecule is CNCC(C)Cn1cc(N)nn1. The summed E-state index contributed by atoms with van der Waals surface area (Å²) >= 11 is 0. The molecule has 0 spiro atoms. The molecule has 0 saturated carbocycles. The molecule has 0 aliphatic carbocycles. The molecule has 3 N–H and O–H groups in total. The summed E-state index contributed by atoms with van der Waals surface area (Å²) in [4.78, 5) is 0. The minimum absolute atomic E-state index is 0.478. The van der Waals surface area contributed by atoms with Gasteiger partial charge in [0.1, 0.15) is 0 Å². The number of anilines is 1. The Kier molecular flexibility index (Phi) is 3.04. The average molecular weight is 169 g/mol. The molecule has 1 atom stereocenters. The standard InChI is InChI=1S/C7H15N5/c1-6(3-9-2)4-12-5-7(8)10-11-12/h5-6,9H,3-4,8H2,1-2H3. The summed E-state index contributed by atoms with van der Waals surface area (Å²) in [6, 6.07) is 0. The Morgan fingerprint density at radius 1 is 1.75 bits per heavy atom. The number of hydrogen-bond donors (Lipinski definition) is 2. The van der Waals surface area contributed by atoms with Gasteiger partial charge in [-0.05, 0) is 19.5 Å². The number of nitrogens with one attached hydrogen (secondary N) is 1. The fraction of sp³-hybridized carbons (Fsp3) is 0.714. The lowest BCUT2D eigenvalue weighted by atomic mass is 10.2. The minimum Gasteiger partial charge on any atom is -0.381 e. The maximum absolute atomic E-state index is 5.42. The van der Waals surface area contributed by atoms with Crippen LogP contribution in [0, 0.1) is 5.92 Å². The van der Waals surface area contributed by atoms with Crippen molar-refractivity contribution < 1.29 is 0 Å². The Morgan fingerprint density at radius 3 is 3.00 bits per heavy atom. The van der Waals surface area contributed by atoms with Gasteiger partial charge < -0.3 is 11.1 Å². The number of nitrogens with two attached hydrogens (primary N) is 1. The van der Waals surface area contributed by atoms with Crippen LogP contribution in [0.5, 0.6) is 0 Å². The molecule has 1 heterocycles. The highest BCUT2D eigenvalue weighted by Gasteiger charge is 2.02. The Morgan fingerprint density at radius 2 is 2.50 bits per heavy atom. The molecule has 1 aromatic heterocycles. The van der Waals surface area contributed by atoms with Gasteiger partial charge in [0, 0.05) is 6.54 Å². The van der Waals surface area contributed by atoms with E-state index < -0.39 is 0 Å². The second-order valence-electron chi connectivity index (χ2n) is 3.03. The molecule has 0 saturated heterocycles. The van der Waals surface area contributed by atoms with Gasteiger partial charge in [0.2, 0.25) is 0 Å². The van der Waals surface area contributed by atoms with Crippen molar-refractivity contribution in [2.75, 3.05) is 19.3 Å². The normalized spacial score (nSPS) is 13.2. The quantitative estimate of drug-likeness (QED) is 0.650. The van der Waals surface area contributed by atoms with E-state index in [4.69, 9.17) is 5.73 Å². The number of nitrogen functional groups attached to an aromatic ring is 1. The highest BCUT2D eigenvalue weighted by atomic mass is 15.4. The molecule has 5 nitrogen and oxygen atoms in total. The van der Waals surface area contributed by atoms with Gasteiger partial charge in [-0.2, -0.15) is 0 Å². The van der Waals surface area contributed by atoms with E-state index in [2.05, 4.69) is 22.6 Å². The summed E-state index contributed by atoms with van der Waals surface area (Å²) in [6.45, 7) is 3.97. The predicted molar refractivity (Wildman–Crippen MR) is 47.5 cm³/mol. The molecule has 68 valence electrons. The first-order valence-electron chi connectivity index (χ1n) is 4.02. The van der Waals surface area contributed by atoms with Crippen LogP contribution in [0.15, 0.2) is 6.20 Å². The first-order valence-corrected chi connectivity index (χ1v) is 4.02. The van der Waals surface area contributed by atoms with Crippen molar-refractivity contribution in [2.24, 2.45) is 5.92 Å². The third-order valence-corrected chi connectivity index (χ3v) is 1.61. The zero-order valence-corrected chi connectivity index (χ0v) is 7.49. The Balaban J connectivity index is 2.41. The van der Waals surface area contributed by atoms with Gasteiger partial charge in [-0.3, -0.25) is 4.68 Å². The van der Waals surface area contributed by atoms with Crippen LogP contribution in [0.3, 0.4) is 0 Å². The summed E-state index contributed by atoms with van der Waals surface area (Å²) in [5, 5.41) is 10.7. The van der Waals surface area contributed by atoms with Crippen molar-refractivity contribution in [1.82, 2.24) is 20.3 Å². The first kappa shape index (κ1) is 8.99. The van der Waals surface area contributed by atoms with Crippen LogP contribution in [0.1, 0.15) is 6.92 Å². The molecular weight excluding hydrogens is 154 g/mol. The van der Waals surface area contributed by atoms with Crippen LogP contribution in [0.4, 0.5) is 5.82 Å². The van der Waals surface area contributed by atoms with Crippen molar-refractivity contribution in [3.8, 4) is 0 Å². The highest BCUT2D eigenvalue weighted by molar-refractivity contribution is 5.19. The lowest BCUT2D eigenvalue weighted by Crippen LogP contribution is -2.20. The largest absolute Gasteiger partial charge is 0.381 e. The number of nitrogens with zero attached hydrogens (tertiary/aromatic N) is 3. The van der Waals surface area contributed by atoms with E-state index in [0.717, 1.165) is 13.1 Å². The van der Waals surface area contributed by atoms with Gasteiger partial charge >= 0.3 is 0 Å². The molecule has 0 bridgehead atoms. The monoisotopic (exact) mass is 169 g/mol. The van der Waals surface area contributed by atoms with Crippen LogP contribution < -0.4 is 11.1 Å². The Bertz CT molecular complexity index is 231. The maximum atomic E-state index is 5.42. The van der Waals surface area contributed by atoms with Crippen LogP contribution in [-0.2, 0) is 6.54 Å². The van der Waals surface area contributed by atoms with Gasteiger partial charge in [0.25, 0.3) is 0 Å². The molecule has 1 aromatic rings. The molecule has 0 fully saturated rings. The number of aromatic nitrogens is 3. The van der Waals surface area contributed by atoms with Crippen LogP contribution >= 0.6 is 0 Å². The topological polar surface area (TPSA) is 68.8 Å². The fourth-order valence-corrected chi connectivity index (χ4v) is 1.13. The third kappa shape index (κ3) is 2.50. The van der Waals surface area contributed by atoms with Gasteiger partial charge in [-0.1, -0.05) is 12.1 Å².